The topological polar surface area (TPSA) is 175 Å². The van der Waals surface area contributed by atoms with Gasteiger partial charge in [0.2, 0.25) is 0 Å². The van der Waals surface area contributed by atoms with Crippen molar-refractivity contribution in [3.05, 3.63) is 106 Å². The van der Waals surface area contributed by atoms with Gasteiger partial charge in [-0.1, -0.05) is 71.9 Å². The van der Waals surface area contributed by atoms with Gasteiger partial charge in [-0.15, -0.1) is 34.9 Å². The summed E-state index contributed by atoms with van der Waals surface area (Å²) in [5.74, 6) is -1.59. The SMILES string of the molecule is CC(SCC1=C(C(=O)OC(c2ccccc2)c2ccccc2)N2C(=O)C(NC(=O)/C(=N/OC3C=CCC3)c3csc(N)n3)C2SC1)C(=O)NOC(C)(C)C. The molecule has 3 aliphatic rings. The highest BCUT2D eigenvalue weighted by Gasteiger charge is 2.55. The average molecular weight is 791 g/mol. The van der Waals surface area contributed by atoms with Crippen LogP contribution in [0.15, 0.2) is 94.6 Å². The fourth-order valence-electron chi connectivity index (χ4n) is 5.74. The number of hydroxylamine groups is 1. The molecular formula is C38H42N6O7S3. The number of aromatic nitrogens is 1. The first-order chi connectivity index (χ1) is 25.9. The zero-order chi connectivity index (χ0) is 38.4. The lowest BCUT2D eigenvalue weighted by atomic mass is 10.0. The second kappa shape index (κ2) is 17.2. The van der Waals surface area contributed by atoms with Crippen LogP contribution in [0.1, 0.15) is 63.5 Å². The second-order valence-electron chi connectivity index (χ2n) is 13.7. The molecule has 4 atom stereocenters. The molecule has 1 saturated heterocycles. The summed E-state index contributed by atoms with van der Waals surface area (Å²) >= 11 is 3.85. The van der Waals surface area contributed by atoms with E-state index in [0.717, 1.165) is 35.3 Å². The van der Waals surface area contributed by atoms with Crippen molar-refractivity contribution in [3.8, 4) is 0 Å². The van der Waals surface area contributed by atoms with E-state index in [1.165, 1.54) is 28.4 Å². The number of anilines is 1. The first-order valence-corrected chi connectivity index (χ1v) is 20.4. The highest BCUT2D eigenvalue weighted by Crippen LogP contribution is 2.42. The summed E-state index contributed by atoms with van der Waals surface area (Å²) in [6.45, 7) is 7.22. The minimum atomic E-state index is -0.981. The van der Waals surface area contributed by atoms with E-state index in [-0.39, 0.29) is 40.0 Å². The van der Waals surface area contributed by atoms with Crippen LogP contribution in [-0.2, 0) is 33.6 Å². The van der Waals surface area contributed by atoms with Gasteiger partial charge in [0.25, 0.3) is 17.7 Å². The van der Waals surface area contributed by atoms with Crippen molar-refractivity contribution in [3.63, 3.8) is 0 Å². The van der Waals surface area contributed by atoms with E-state index in [0.29, 0.717) is 11.3 Å². The molecule has 0 bridgehead atoms. The number of esters is 1. The molecule has 0 spiro atoms. The molecule has 0 radical (unpaired) electrons. The van der Waals surface area contributed by atoms with Crippen molar-refractivity contribution >= 4 is 69.4 Å². The molecular weight excluding hydrogens is 749 g/mol. The minimum Gasteiger partial charge on any atom is -0.448 e. The van der Waals surface area contributed by atoms with Crippen LogP contribution in [-0.4, -0.2) is 79.2 Å². The van der Waals surface area contributed by atoms with E-state index >= 15 is 0 Å². The second-order valence-corrected chi connectivity index (χ2v) is 17.0. The van der Waals surface area contributed by atoms with Gasteiger partial charge >= 0.3 is 5.97 Å². The Kier molecular flexibility index (Phi) is 12.5. The molecule has 0 saturated carbocycles. The van der Waals surface area contributed by atoms with E-state index < -0.39 is 46.2 Å². The maximum absolute atomic E-state index is 14.4. The van der Waals surface area contributed by atoms with Gasteiger partial charge in [-0.3, -0.25) is 24.1 Å². The van der Waals surface area contributed by atoms with Crippen LogP contribution in [0, 0.1) is 0 Å². The van der Waals surface area contributed by atoms with E-state index in [9.17, 15) is 19.2 Å². The van der Waals surface area contributed by atoms with Gasteiger partial charge in [-0.25, -0.2) is 15.3 Å². The van der Waals surface area contributed by atoms with E-state index in [1.54, 1.807) is 12.3 Å². The first kappa shape index (κ1) is 39.1. The van der Waals surface area contributed by atoms with Crippen molar-refractivity contribution in [2.24, 2.45) is 5.16 Å². The predicted octanol–water partition coefficient (Wildman–Crippen LogP) is 5.12. The third kappa shape index (κ3) is 9.35. The normalized spacial score (nSPS) is 20.3. The molecule has 284 valence electrons. The summed E-state index contributed by atoms with van der Waals surface area (Å²) in [5, 5.41) is 7.62. The molecule has 13 nitrogen and oxygen atoms in total. The molecule has 3 aromatic rings. The van der Waals surface area contributed by atoms with Crippen LogP contribution in [0.3, 0.4) is 0 Å². The number of allylic oxidation sites excluding steroid dienone is 1. The van der Waals surface area contributed by atoms with E-state index in [4.69, 9.17) is 20.1 Å². The van der Waals surface area contributed by atoms with Gasteiger partial charge in [0.1, 0.15) is 28.9 Å². The molecule has 3 amide bonds. The number of nitrogens with two attached hydrogens (primary N) is 1. The Morgan fingerprint density at radius 2 is 1.78 bits per heavy atom. The Balaban J connectivity index is 1.25. The van der Waals surface area contributed by atoms with Gasteiger partial charge in [-0.05, 0) is 63.3 Å². The monoisotopic (exact) mass is 790 g/mol. The predicted molar refractivity (Wildman–Crippen MR) is 210 cm³/mol. The Hall–Kier alpha value is -4.64. The van der Waals surface area contributed by atoms with Gasteiger partial charge in [0.05, 0.1) is 10.9 Å². The molecule has 16 heteroatoms. The van der Waals surface area contributed by atoms with Crippen LogP contribution < -0.4 is 16.5 Å². The number of nitrogen functional groups attached to an aromatic ring is 1. The Morgan fingerprint density at radius 3 is 2.37 bits per heavy atom. The lowest BCUT2D eigenvalue weighted by molar-refractivity contribution is -0.154. The van der Waals surface area contributed by atoms with Crippen molar-refractivity contribution in [2.75, 3.05) is 17.2 Å². The number of fused-ring (bicyclic) bond motifs is 1. The maximum atomic E-state index is 14.4. The standard InChI is InChI=1S/C38H42N6O7S3/c1-22(32(45)43-51-38(2,3)4)52-19-25-20-53-35-29(41-33(46)28(27-21-54-37(39)40-27)42-50-26-17-11-12-18-26)34(47)44(35)30(25)36(48)49-31(23-13-7-5-8-14-23)24-15-9-6-10-16-24/h5-11,13-17,21-22,26,29,31,35H,12,18-20H2,1-4H3,(H2,39,40)(H,41,46)(H,43,45)/b42-28+. The number of hydrogen-bond acceptors (Lipinski definition) is 13. The quantitative estimate of drug-likeness (QED) is 0.0651. The number of amides is 3. The lowest BCUT2D eigenvalue weighted by Gasteiger charge is -2.49. The number of benzene rings is 2. The number of nitrogens with zero attached hydrogens (tertiary/aromatic N) is 3. The smallest absolute Gasteiger partial charge is 0.356 e. The summed E-state index contributed by atoms with van der Waals surface area (Å²) in [4.78, 5) is 71.7. The van der Waals surface area contributed by atoms with Crippen molar-refractivity contribution in [2.45, 2.75) is 75.0 Å². The zero-order valence-electron chi connectivity index (χ0n) is 30.2. The third-order valence-electron chi connectivity index (χ3n) is 8.52. The Morgan fingerprint density at radius 1 is 1.09 bits per heavy atom. The van der Waals surface area contributed by atoms with Crippen LogP contribution >= 0.6 is 34.9 Å². The van der Waals surface area contributed by atoms with Crippen LogP contribution in [0.25, 0.3) is 0 Å². The molecule has 2 aliphatic heterocycles. The molecule has 54 heavy (non-hydrogen) atoms. The molecule has 2 aromatic carbocycles. The number of nitrogens with one attached hydrogen (secondary N) is 2. The van der Waals surface area contributed by atoms with Crippen LogP contribution in [0.2, 0.25) is 0 Å². The summed E-state index contributed by atoms with van der Waals surface area (Å²) in [6.07, 6.45) is 4.36. The number of carbonyl (C=O) groups is 4. The van der Waals surface area contributed by atoms with Gasteiger partial charge < -0.3 is 20.6 Å². The van der Waals surface area contributed by atoms with Crippen molar-refractivity contribution in [1.82, 2.24) is 20.7 Å². The summed E-state index contributed by atoms with van der Waals surface area (Å²) in [5.41, 5.74) is 10.1. The minimum absolute atomic E-state index is 0.0923. The fraction of sp³-hybridized carbons (Fsp3) is 0.368. The van der Waals surface area contributed by atoms with Gasteiger partial charge in [0.15, 0.2) is 16.9 Å². The number of carbonyl (C=O) groups excluding carboxylic acids is 4. The van der Waals surface area contributed by atoms with Gasteiger partial charge in [0, 0.05) is 16.9 Å². The highest BCUT2D eigenvalue weighted by molar-refractivity contribution is 8.01. The van der Waals surface area contributed by atoms with E-state index in [2.05, 4.69) is 20.9 Å². The highest BCUT2D eigenvalue weighted by atomic mass is 32.2. The van der Waals surface area contributed by atoms with Crippen molar-refractivity contribution < 1.29 is 33.6 Å². The number of ether oxygens (including phenoxy) is 1. The molecule has 6 rings (SSSR count). The summed E-state index contributed by atoms with van der Waals surface area (Å²) in [7, 11) is 0. The molecule has 3 heterocycles. The summed E-state index contributed by atoms with van der Waals surface area (Å²) < 4.78 is 6.26. The maximum Gasteiger partial charge on any atom is 0.356 e. The van der Waals surface area contributed by atoms with Gasteiger partial charge in [-0.2, -0.15) is 0 Å². The average Bonchev–Trinajstić information content (AvgIpc) is 3.86. The third-order valence-corrected chi connectivity index (χ3v) is 11.8. The van der Waals surface area contributed by atoms with E-state index in [1.807, 2.05) is 93.6 Å². The molecule has 1 fully saturated rings. The van der Waals surface area contributed by atoms with Crippen LogP contribution in [0.4, 0.5) is 5.13 Å². The van der Waals surface area contributed by atoms with Crippen molar-refractivity contribution in [1.29, 1.82) is 0 Å². The number of thiazole rings is 1. The first-order valence-electron chi connectivity index (χ1n) is 17.4. The fourth-order valence-corrected chi connectivity index (χ4v) is 8.65. The Labute approximate surface area is 326 Å². The number of thioether (sulfide) groups is 2. The molecule has 1 aliphatic carbocycles. The number of hydrogen-bond donors (Lipinski definition) is 3. The lowest BCUT2D eigenvalue weighted by Crippen LogP contribution is -2.71. The zero-order valence-corrected chi connectivity index (χ0v) is 32.7. The number of β-lactam (4-membered cyclic amide) rings is 1. The molecule has 4 N–H and O–H groups in total. The Bertz CT molecular complexity index is 1910. The molecule has 4 unspecified atom stereocenters. The van der Waals surface area contributed by atoms with Crippen LogP contribution in [0.5, 0.6) is 0 Å². The number of oxime groups is 1. The number of rotatable bonds is 14. The largest absolute Gasteiger partial charge is 0.448 e. The molecule has 1 aromatic heterocycles. The summed E-state index contributed by atoms with van der Waals surface area (Å²) in [6, 6.07) is 17.7.